The van der Waals surface area contributed by atoms with Crippen LogP contribution in [0.15, 0.2) is 30.0 Å². The molecule has 1 aromatic carbocycles. The highest BCUT2D eigenvalue weighted by Crippen LogP contribution is 2.32. The van der Waals surface area contributed by atoms with Crippen molar-refractivity contribution < 1.29 is 14.3 Å². The number of nitrogens with one attached hydrogen (secondary N) is 1. The first-order valence-corrected chi connectivity index (χ1v) is 12.3. The molecule has 0 heterocycles. The highest BCUT2D eigenvalue weighted by atomic mass is 16.5. The highest BCUT2D eigenvalue weighted by molar-refractivity contribution is 6.02. The van der Waals surface area contributed by atoms with Crippen molar-refractivity contribution in [2.45, 2.75) is 97.1 Å². The summed E-state index contributed by atoms with van der Waals surface area (Å²) in [6.07, 6.45) is 13.2. The lowest BCUT2D eigenvalue weighted by Gasteiger charge is -2.42. The summed E-state index contributed by atoms with van der Waals surface area (Å²) in [4.78, 5) is 29.2. The Morgan fingerprint density at radius 1 is 0.938 bits per heavy atom. The number of methoxy groups -OCH3 is 1. The zero-order chi connectivity index (χ0) is 23.1. The third kappa shape index (κ3) is 6.14. The molecule has 176 valence electrons. The molecular formula is C27H40N2O3. The zero-order valence-corrected chi connectivity index (χ0v) is 20.3. The molecule has 0 aromatic heterocycles. The van der Waals surface area contributed by atoms with Crippen LogP contribution in [-0.2, 0) is 9.59 Å². The summed E-state index contributed by atoms with van der Waals surface area (Å²) < 4.78 is 5.51. The number of rotatable bonds is 6. The molecule has 3 rings (SSSR count). The van der Waals surface area contributed by atoms with Gasteiger partial charge in [-0.1, -0.05) is 77.5 Å². The molecule has 2 fully saturated rings. The van der Waals surface area contributed by atoms with Gasteiger partial charge in [-0.2, -0.15) is 0 Å². The van der Waals surface area contributed by atoms with Gasteiger partial charge in [0.05, 0.1) is 7.11 Å². The summed E-state index contributed by atoms with van der Waals surface area (Å²) in [5.74, 6) is 0.483. The van der Waals surface area contributed by atoms with E-state index in [1.165, 1.54) is 38.5 Å². The minimum Gasteiger partial charge on any atom is -0.496 e. The number of nitrogens with zero attached hydrogens (tertiary/aromatic N) is 1. The lowest BCUT2D eigenvalue weighted by Crippen LogP contribution is -2.51. The van der Waals surface area contributed by atoms with E-state index >= 15 is 0 Å². The first-order valence-electron chi connectivity index (χ1n) is 12.3. The van der Waals surface area contributed by atoms with Crippen molar-refractivity contribution in [2.75, 3.05) is 7.11 Å². The molecule has 2 aliphatic carbocycles. The molecular weight excluding hydrogens is 400 g/mol. The Balaban J connectivity index is 2.00. The zero-order valence-electron chi connectivity index (χ0n) is 20.3. The largest absolute Gasteiger partial charge is 0.496 e. The van der Waals surface area contributed by atoms with Gasteiger partial charge >= 0.3 is 0 Å². The van der Waals surface area contributed by atoms with Crippen molar-refractivity contribution in [3.8, 4) is 5.75 Å². The second-order valence-corrected chi connectivity index (χ2v) is 10.3. The van der Waals surface area contributed by atoms with Crippen LogP contribution in [0.4, 0.5) is 0 Å². The van der Waals surface area contributed by atoms with Gasteiger partial charge in [0.15, 0.2) is 0 Å². The maximum atomic E-state index is 14.1. The predicted octanol–water partition coefficient (Wildman–Crippen LogP) is 5.69. The first kappa shape index (κ1) is 24.3. The molecule has 0 spiro atoms. The van der Waals surface area contributed by atoms with Gasteiger partial charge in [-0.25, -0.2) is 0 Å². The Kier molecular flexibility index (Phi) is 8.38. The van der Waals surface area contributed by atoms with Crippen molar-refractivity contribution in [1.82, 2.24) is 10.2 Å². The van der Waals surface area contributed by atoms with E-state index in [0.717, 1.165) is 31.2 Å². The molecule has 1 aromatic rings. The summed E-state index contributed by atoms with van der Waals surface area (Å²) in [6.45, 7) is 5.61. The fraction of sp³-hybridized carbons (Fsp3) is 0.630. The topological polar surface area (TPSA) is 58.6 Å². The normalized spacial score (nSPS) is 18.8. The van der Waals surface area contributed by atoms with Gasteiger partial charge in [-0.3, -0.25) is 9.59 Å². The average molecular weight is 441 g/mol. The molecule has 0 bridgehead atoms. The average Bonchev–Trinajstić information content (AvgIpc) is 2.80. The van der Waals surface area contributed by atoms with E-state index in [9.17, 15) is 9.59 Å². The van der Waals surface area contributed by atoms with Gasteiger partial charge in [0.2, 0.25) is 5.91 Å². The Hall–Kier alpha value is -2.30. The standard InChI is InChI=1S/C27H40N2O3/c1-27(2,3)26(31)28-23(19-20-13-11-12-18-24(20)32-4)25(30)29(21-14-7-5-8-15-21)22-16-9-6-10-17-22/h11-13,18-19,21-22H,5-10,14-17H2,1-4H3,(H,28,31)/b23-19+. The molecule has 2 saturated carbocycles. The van der Waals surface area contributed by atoms with E-state index in [-0.39, 0.29) is 23.9 Å². The molecule has 0 saturated heterocycles. The summed E-state index contributed by atoms with van der Waals surface area (Å²) in [5, 5.41) is 2.99. The van der Waals surface area contributed by atoms with Crippen LogP contribution in [-0.4, -0.2) is 35.9 Å². The number of para-hydroxylation sites is 1. The predicted molar refractivity (Wildman–Crippen MR) is 129 cm³/mol. The van der Waals surface area contributed by atoms with Crippen molar-refractivity contribution in [2.24, 2.45) is 5.41 Å². The van der Waals surface area contributed by atoms with E-state index in [0.29, 0.717) is 11.4 Å². The minimum absolute atomic E-state index is 0.0488. The maximum absolute atomic E-state index is 14.1. The van der Waals surface area contributed by atoms with Crippen LogP contribution in [0.2, 0.25) is 0 Å². The summed E-state index contributed by atoms with van der Waals surface area (Å²) in [5.41, 5.74) is 0.547. The SMILES string of the molecule is COc1ccccc1/C=C(/NC(=O)C(C)(C)C)C(=O)N(C1CCCCC1)C1CCCCC1. The van der Waals surface area contributed by atoms with E-state index in [4.69, 9.17) is 4.74 Å². The highest BCUT2D eigenvalue weighted by Gasteiger charge is 2.35. The van der Waals surface area contributed by atoms with Crippen LogP contribution < -0.4 is 10.1 Å². The van der Waals surface area contributed by atoms with Crippen LogP contribution in [0.3, 0.4) is 0 Å². The van der Waals surface area contributed by atoms with Crippen LogP contribution in [0.1, 0.15) is 90.5 Å². The maximum Gasteiger partial charge on any atom is 0.270 e. The molecule has 0 atom stereocenters. The third-order valence-corrected chi connectivity index (χ3v) is 6.77. The van der Waals surface area contributed by atoms with Crippen LogP contribution in [0.5, 0.6) is 5.75 Å². The van der Waals surface area contributed by atoms with Gasteiger partial charge in [-0.05, 0) is 37.8 Å². The Bertz CT molecular complexity index is 794. The fourth-order valence-electron chi connectivity index (χ4n) is 4.89. The molecule has 32 heavy (non-hydrogen) atoms. The van der Waals surface area contributed by atoms with Gasteiger partial charge in [0, 0.05) is 23.1 Å². The van der Waals surface area contributed by atoms with Crippen LogP contribution in [0.25, 0.3) is 6.08 Å². The molecule has 5 nitrogen and oxygen atoms in total. The summed E-state index contributed by atoms with van der Waals surface area (Å²) >= 11 is 0. The molecule has 0 unspecified atom stereocenters. The summed E-state index contributed by atoms with van der Waals surface area (Å²) in [7, 11) is 1.62. The van der Waals surface area contributed by atoms with Crippen molar-refractivity contribution >= 4 is 17.9 Å². The number of amides is 2. The van der Waals surface area contributed by atoms with Gasteiger partial charge < -0.3 is 15.0 Å². The van der Waals surface area contributed by atoms with E-state index in [1.54, 1.807) is 13.2 Å². The number of carbonyl (C=O) groups excluding carboxylic acids is 2. The number of hydrogen-bond acceptors (Lipinski definition) is 3. The number of ether oxygens (including phenoxy) is 1. The number of benzene rings is 1. The fourth-order valence-corrected chi connectivity index (χ4v) is 4.89. The van der Waals surface area contributed by atoms with E-state index in [1.807, 2.05) is 45.0 Å². The lowest BCUT2D eigenvalue weighted by atomic mass is 9.88. The van der Waals surface area contributed by atoms with Gasteiger partial charge in [0.1, 0.15) is 11.4 Å². The quantitative estimate of drug-likeness (QED) is 0.578. The second-order valence-electron chi connectivity index (χ2n) is 10.3. The number of carbonyl (C=O) groups is 2. The number of hydrogen-bond donors (Lipinski definition) is 1. The molecule has 2 aliphatic rings. The van der Waals surface area contributed by atoms with Crippen LogP contribution in [0, 0.1) is 5.41 Å². The van der Waals surface area contributed by atoms with E-state index in [2.05, 4.69) is 10.2 Å². The van der Waals surface area contributed by atoms with Gasteiger partial charge in [-0.15, -0.1) is 0 Å². The molecule has 5 heteroatoms. The van der Waals surface area contributed by atoms with Crippen molar-refractivity contribution in [1.29, 1.82) is 0 Å². The van der Waals surface area contributed by atoms with Gasteiger partial charge in [0.25, 0.3) is 5.91 Å². The smallest absolute Gasteiger partial charge is 0.270 e. The van der Waals surface area contributed by atoms with E-state index < -0.39 is 5.41 Å². The minimum atomic E-state index is -0.597. The third-order valence-electron chi connectivity index (χ3n) is 6.77. The molecule has 1 N–H and O–H groups in total. The monoisotopic (exact) mass is 440 g/mol. The Morgan fingerprint density at radius 2 is 1.47 bits per heavy atom. The van der Waals surface area contributed by atoms with Crippen molar-refractivity contribution in [3.05, 3.63) is 35.5 Å². The Morgan fingerprint density at radius 3 is 1.97 bits per heavy atom. The molecule has 2 amide bonds. The summed E-state index contributed by atoms with van der Waals surface area (Å²) in [6, 6.07) is 8.13. The Labute approximate surface area is 193 Å². The molecule has 0 radical (unpaired) electrons. The first-order chi connectivity index (χ1) is 15.3. The van der Waals surface area contributed by atoms with Crippen molar-refractivity contribution in [3.63, 3.8) is 0 Å². The second kappa shape index (κ2) is 11.0. The van der Waals surface area contributed by atoms with Crippen LogP contribution >= 0.6 is 0 Å². The molecule has 0 aliphatic heterocycles. The lowest BCUT2D eigenvalue weighted by molar-refractivity contribution is -0.136.